The summed E-state index contributed by atoms with van der Waals surface area (Å²) in [6, 6.07) is 11.1. The number of phenols is 1. The number of hydrogen-bond donors (Lipinski definition) is 4. The number of halogens is 2. The summed E-state index contributed by atoms with van der Waals surface area (Å²) in [5.74, 6) is 0.531. The van der Waals surface area contributed by atoms with Crippen LogP contribution in [0.5, 0.6) is 11.8 Å². The Bertz CT molecular complexity index is 3270. The van der Waals surface area contributed by atoms with E-state index in [-0.39, 0.29) is 101 Å². The number of nitrogens with zero attached hydrogens (tertiary/aromatic N) is 7. The molecule has 17 nitrogen and oxygen atoms in total. The van der Waals surface area contributed by atoms with Crippen LogP contribution >= 0.6 is 0 Å². The van der Waals surface area contributed by atoms with E-state index in [4.69, 9.17) is 20.9 Å². The van der Waals surface area contributed by atoms with Gasteiger partial charge in [-0.1, -0.05) is 24.5 Å². The summed E-state index contributed by atoms with van der Waals surface area (Å²) in [6.07, 6.45) is 16.0. The maximum atomic E-state index is 17.2. The first-order valence-corrected chi connectivity index (χ1v) is 25.0. The normalized spacial score (nSPS) is 22.9. The van der Waals surface area contributed by atoms with Crippen molar-refractivity contribution in [3.63, 3.8) is 0 Å². The number of alkyl carbamates (subject to hydrolysis) is 1. The first-order chi connectivity index (χ1) is 34.9. The molecule has 72 heavy (non-hydrogen) atoms. The summed E-state index contributed by atoms with van der Waals surface area (Å²) >= 11 is 0. The lowest BCUT2D eigenvalue weighted by molar-refractivity contribution is -0.135. The van der Waals surface area contributed by atoms with E-state index in [2.05, 4.69) is 41.6 Å². The highest BCUT2D eigenvalue weighted by Crippen LogP contribution is 2.44. The van der Waals surface area contributed by atoms with Crippen molar-refractivity contribution in [3.8, 4) is 35.4 Å². The molecule has 5 fully saturated rings. The Morgan fingerprint density at radius 1 is 1.00 bits per heavy atom. The van der Waals surface area contributed by atoms with Crippen molar-refractivity contribution < 1.29 is 37.7 Å². The second kappa shape index (κ2) is 19.1. The minimum atomic E-state index is -0.777. The van der Waals surface area contributed by atoms with Crippen LogP contribution in [-0.2, 0) is 27.8 Å². The number of carbonyl (C=O) groups is 3. The Morgan fingerprint density at radius 3 is 2.64 bits per heavy atom. The van der Waals surface area contributed by atoms with Crippen LogP contribution in [0.25, 0.3) is 44.0 Å². The highest BCUT2D eigenvalue weighted by molar-refractivity contribution is 6.03. The lowest BCUT2D eigenvalue weighted by atomic mass is 9.95. The number of unbranched alkanes of at least 4 members (excludes halogenated alkanes) is 2. The van der Waals surface area contributed by atoms with Gasteiger partial charge < -0.3 is 30.1 Å². The van der Waals surface area contributed by atoms with Gasteiger partial charge in [-0.3, -0.25) is 33.9 Å². The number of fused-ring (bicyclic) bond motifs is 6. The standard InChI is InChI=1S/C53H56F2N10O7/c1-3-36-39(54)13-10-31-23-35(66)24-37(44(31)36)46-45(55)47-38(25-57-46)48(63-26-32-11-12-33(27-63)58-32)61-50(60-47)72-29-53-18-7-21-64(53)34(17-19-53)28-71-51(69)56-20-6-4-5-8-30-9-14-40-42(22-30)62(2)52(70)65(40)41-15-16-43(67)59-49(41)68/h1,9-10,13-14,22-25,32-34,41,58,66H,4-8,11-12,15-21,26-29H2,2H3,(H,56,69)(H,59,67,68)/t32?,33?,34-,41?,53-/m0/s1. The van der Waals surface area contributed by atoms with Crippen molar-refractivity contribution in [2.24, 2.45) is 7.05 Å². The molecule has 5 atom stereocenters. The fourth-order valence-corrected chi connectivity index (χ4v) is 12.1. The third-order valence-corrected chi connectivity index (χ3v) is 15.6. The number of benzene rings is 3. The van der Waals surface area contributed by atoms with E-state index in [1.165, 1.54) is 39.6 Å². The van der Waals surface area contributed by atoms with Crippen molar-refractivity contribution in [2.75, 3.05) is 44.3 Å². The number of nitrogens with one attached hydrogen (secondary N) is 3. The Balaban J connectivity index is 0.721. The van der Waals surface area contributed by atoms with E-state index < -0.39 is 29.7 Å². The van der Waals surface area contributed by atoms with Gasteiger partial charge in [-0.25, -0.2) is 18.4 Å². The molecule has 0 spiro atoms. The SMILES string of the molecule is C#Cc1c(F)ccc2cc(O)cc(-c3ncc4c(N5CC6CCC(C5)N6)nc(OC[C@@]56CCCN5[C@H](COC(=O)NCCCCCc5ccc7c(c5)n(C)c(=O)n7C5CCC(=O)NC5=O)CC6)nc4c3F)c12. The van der Waals surface area contributed by atoms with Crippen LogP contribution in [0.15, 0.2) is 53.5 Å². The summed E-state index contributed by atoms with van der Waals surface area (Å²) in [4.78, 5) is 69.0. The quantitative estimate of drug-likeness (QED) is 0.0573. The third kappa shape index (κ3) is 8.63. The second-order valence-electron chi connectivity index (χ2n) is 20.1. The molecule has 0 radical (unpaired) electrons. The van der Waals surface area contributed by atoms with E-state index in [9.17, 15) is 24.3 Å². The van der Waals surface area contributed by atoms with Crippen LogP contribution in [0.3, 0.4) is 0 Å². The van der Waals surface area contributed by atoms with Gasteiger partial charge in [0.05, 0.1) is 27.5 Å². The number of aromatic nitrogens is 5. The Morgan fingerprint density at radius 2 is 1.83 bits per heavy atom. The zero-order valence-corrected chi connectivity index (χ0v) is 40.0. The van der Waals surface area contributed by atoms with Gasteiger partial charge in [-0.05, 0) is 112 Å². The molecule has 2 bridgehead atoms. The minimum absolute atomic E-state index is 0.00931. The topological polar surface area (TPSA) is 198 Å². The van der Waals surface area contributed by atoms with E-state index in [1.54, 1.807) is 7.05 Å². The average molecular weight is 983 g/mol. The number of amides is 3. The number of phenolic OH excluding ortho intramolecular Hbond substituents is 1. The lowest BCUT2D eigenvalue weighted by Crippen LogP contribution is -2.51. The first kappa shape index (κ1) is 47.2. The van der Waals surface area contributed by atoms with Crippen molar-refractivity contribution in [2.45, 2.75) is 107 Å². The summed E-state index contributed by atoms with van der Waals surface area (Å²) in [7, 11) is 1.68. The largest absolute Gasteiger partial charge is 0.508 e. The fraction of sp³-hybridized carbons (Fsp3) is 0.453. The number of carbonyl (C=O) groups excluding carboxylic acids is 3. The minimum Gasteiger partial charge on any atom is -0.508 e. The molecule has 19 heteroatoms. The highest BCUT2D eigenvalue weighted by atomic mass is 19.1. The number of terminal acetylenes is 1. The van der Waals surface area contributed by atoms with Gasteiger partial charge in [-0.2, -0.15) is 9.97 Å². The number of pyridine rings is 1. The average Bonchev–Trinajstić information content (AvgIpc) is 4.11. The summed E-state index contributed by atoms with van der Waals surface area (Å²) in [5, 5.41) is 20.7. The predicted octanol–water partition coefficient (Wildman–Crippen LogP) is 5.90. The number of anilines is 1. The van der Waals surface area contributed by atoms with Crippen molar-refractivity contribution >= 4 is 56.4 Å². The van der Waals surface area contributed by atoms with Crippen LogP contribution in [0.2, 0.25) is 0 Å². The van der Waals surface area contributed by atoms with Crippen LogP contribution in [0.1, 0.15) is 87.8 Å². The van der Waals surface area contributed by atoms with Crippen LogP contribution < -0.4 is 31.3 Å². The number of rotatable bonds is 14. The molecule has 3 aromatic heterocycles. The van der Waals surface area contributed by atoms with Crippen molar-refractivity contribution in [1.29, 1.82) is 0 Å². The summed E-state index contributed by atoms with van der Waals surface area (Å²) in [5.41, 5.74) is 1.69. The zero-order valence-electron chi connectivity index (χ0n) is 40.0. The van der Waals surface area contributed by atoms with Gasteiger partial charge in [0.2, 0.25) is 11.8 Å². The van der Waals surface area contributed by atoms with Crippen LogP contribution in [0.4, 0.5) is 19.4 Å². The molecule has 5 aliphatic rings. The molecule has 4 N–H and O–H groups in total. The number of aromatic hydroxyl groups is 1. The monoisotopic (exact) mass is 982 g/mol. The molecule has 5 saturated heterocycles. The molecule has 11 rings (SSSR count). The van der Waals surface area contributed by atoms with Gasteiger partial charge in [0.25, 0.3) is 0 Å². The van der Waals surface area contributed by atoms with E-state index in [0.717, 1.165) is 81.8 Å². The van der Waals surface area contributed by atoms with Gasteiger partial charge >= 0.3 is 17.8 Å². The Kier molecular flexibility index (Phi) is 12.5. The number of aryl methyl sites for hydroxylation is 2. The third-order valence-electron chi connectivity index (χ3n) is 15.6. The number of ether oxygens (including phenoxy) is 2. The molecular formula is C53H56F2N10O7. The molecule has 6 aromatic rings. The smallest absolute Gasteiger partial charge is 0.407 e. The maximum absolute atomic E-state index is 17.2. The lowest BCUT2D eigenvalue weighted by Gasteiger charge is -2.35. The number of piperazine rings is 1. The predicted molar refractivity (Wildman–Crippen MR) is 265 cm³/mol. The molecular weight excluding hydrogens is 927 g/mol. The molecule has 374 valence electrons. The zero-order chi connectivity index (χ0) is 49.8. The number of imide groups is 1. The van der Waals surface area contributed by atoms with Crippen molar-refractivity contribution in [3.05, 3.63) is 81.9 Å². The molecule has 3 unspecified atom stereocenters. The first-order valence-electron chi connectivity index (χ1n) is 25.0. The molecule has 5 aliphatic heterocycles. The van der Waals surface area contributed by atoms with E-state index in [1.807, 2.05) is 18.2 Å². The van der Waals surface area contributed by atoms with Crippen LogP contribution in [0, 0.1) is 24.0 Å². The van der Waals surface area contributed by atoms with Crippen LogP contribution in [-0.4, -0.2) is 115 Å². The number of hydrogen-bond acceptors (Lipinski definition) is 13. The molecule has 0 saturated carbocycles. The maximum Gasteiger partial charge on any atom is 0.407 e. The molecule has 3 aromatic carbocycles. The molecule has 3 amide bonds. The van der Waals surface area contributed by atoms with Gasteiger partial charge in [-0.15, -0.1) is 6.42 Å². The fourth-order valence-electron chi connectivity index (χ4n) is 12.1. The highest BCUT2D eigenvalue weighted by Gasteiger charge is 2.50. The summed E-state index contributed by atoms with van der Waals surface area (Å²) < 4.78 is 47.5. The second-order valence-corrected chi connectivity index (χ2v) is 20.1. The van der Waals surface area contributed by atoms with Crippen molar-refractivity contribution in [1.82, 2.24) is 44.9 Å². The summed E-state index contributed by atoms with van der Waals surface area (Å²) in [6.45, 7) is 3.07. The molecule has 0 aliphatic carbocycles. The Labute approximate surface area is 413 Å². The Hall–Kier alpha value is -7.17. The van der Waals surface area contributed by atoms with Gasteiger partial charge in [0.1, 0.15) is 47.9 Å². The van der Waals surface area contributed by atoms with Gasteiger partial charge in [0, 0.05) is 68.4 Å². The van der Waals surface area contributed by atoms with Gasteiger partial charge in [0.15, 0.2) is 5.82 Å². The number of piperidine rings is 1. The van der Waals surface area contributed by atoms with E-state index in [0.29, 0.717) is 41.7 Å². The van der Waals surface area contributed by atoms with E-state index >= 15 is 8.78 Å². The molecule has 8 heterocycles. The number of imidazole rings is 1.